The second-order valence-electron chi connectivity index (χ2n) is 2.14. The van der Waals surface area contributed by atoms with E-state index in [4.69, 9.17) is 11.6 Å². The molecule has 0 aliphatic carbocycles. The number of hydrogen-bond donors (Lipinski definition) is 0. The number of nitrogens with zero attached hydrogens (tertiary/aromatic N) is 1. The highest BCUT2D eigenvalue weighted by molar-refractivity contribution is 9.10. The van der Waals surface area contributed by atoms with Crippen LogP contribution in [0, 0.1) is 0 Å². The van der Waals surface area contributed by atoms with Crippen LogP contribution in [0.3, 0.4) is 0 Å². The zero-order chi connectivity index (χ0) is 10.0. The standard InChI is InChI=1S/C7H5BrClF2NO/c1-13-7-4(6(10)11)5(9)3(8)2-12-7/h2,6H,1H3. The maximum atomic E-state index is 12.4. The Labute approximate surface area is 87.0 Å². The molecule has 1 aromatic heterocycles. The van der Waals surface area contributed by atoms with Crippen LogP contribution in [0.25, 0.3) is 0 Å². The predicted octanol–water partition coefficient (Wildman–Crippen LogP) is 3.44. The Morgan fingerprint density at radius 3 is 2.69 bits per heavy atom. The summed E-state index contributed by atoms with van der Waals surface area (Å²) in [6, 6.07) is 0. The van der Waals surface area contributed by atoms with Crippen molar-refractivity contribution in [3.05, 3.63) is 21.3 Å². The van der Waals surface area contributed by atoms with E-state index in [-0.39, 0.29) is 10.9 Å². The van der Waals surface area contributed by atoms with Crippen molar-refractivity contribution < 1.29 is 13.5 Å². The van der Waals surface area contributed by atoms with Gasteiger partial charge < -0.3 is 4.74 Å². The van der Waals surface area contributed by atoms with E-state index >= 15 is 0 Å². The lowest BCUT2D eigenvalue weighted by Crippen LogP contribution is -1.97. The van der Waals surface area contributed by atoms with Crippen molar-refractivity contribution in [1.29, 1.82) is 0 Å². The molecule has 0 saturated heterocycles. The molecule has 0 radical (unpaired) electrons. The number of hydrogen-bond acceptors (Lipinski definition) is 2. The summed E-state index contributed by atoms with van der Waals surface area (Å²) in [5.74, 6) is -0.150. The lowest BCUT2D eigenvalue weighted by molar-refractivity contribution is 0.146. The summed E-state index contributed by atoms with van der Waals surface area (Å²) in [5.41, 5.74) is -0.390. The molecule has 6 heteroatoms. The molecule has 72 valence electrons. The van der Waals surface area contributed by atoms with Crippen LogP contribution in [0.4, 0.5) is 8.78 Å². The Hall–Kier alpha value is -0.420. The van der Waals surface area contributed by atoms with E-state index < -0.39 is 12.0 Å². The molecule has 0 aliphatic heterocycles. The lowest BCUT2D eigenvalue weighted by Gasteiger charge is -2.08. The van der Waals surface area contributed by atoms with Gasteiger partial charge in [0, 0.05) is 6.20 Å². The van der Waals surface area contributed by atoms with Gasteiger partial charge in [0.2, 0.25) is 5.88 Å². The molecule has 1 rings (SSSR count). The first-order valence-electron chi connectivity index (χ1n) is 3.24. The van der Waals surface area contributed by atoms with Crippen LogP contribution in [-0.4, -0.2) is 12.1 Å². The molecule has 0 saturated carbocycles. The quantitative estimate of drug-likeness (QED) is 0.823. The predicted molar refractivity (Wildman–Crippen MR) is 48.5 cm³/mol. The van der Waals surface area contributed by atoms with Crippen LogP contribution in [0.5, 0.6) is 5.88 Å². The van der Waals surface area contributed by atoms with E-state index in [1.165, 1.54) is 13.3 Å². The van der Waals surface area contributed by atoms with Gasteiger partial charge in [0.1, 0.15) is 0 Å². The second kappa shape index (κ2) is 4.19. The van der Waals surface area contributed by atoms with Crippen molar-refractivity contribution in [3.63, 3.8) is 0 Å². The van der Waals surface area contributed by atoms with Crippen LogP contribution in [0.2, 0.25) is 5.02 Å². The average Bonchev–Trinajstić information content (AvgIpc) is 2.08. The molecule has 2 nitrogen and oxygen atoms in total. The van der Waals surface area contributed by atoms with Gasteiger partial charge in [-0.25, -0.2) is 13.8 Å². The van der Waals surface area contributed by atoms with Gasteiger partial charge in [0.05, 0.1) is 22.2 Å². The molecular weight excluding hydrogens is 267 g/mol. The molecule has 0 atom stereocenters. The second-order valence-corrected chi connectivity index (χ2v) is 3.38. The number of rotatable bonds is 2. The maximum absolute atomic E-state index is 12.4. The Kier molecular flexibility index (Phi) is 3.44. The number of halogens is 4. The summed E-state index contributed by atoms with van der Waals surface area (Å²) < 4.78 is 29.8. The fourth-order valence-corrected chi connectivity index (χ4v) is 1.34. The molecule has 13 heavy (non-hydrogen) atoms. The van der Waals surface area contributed by atoms with Crippen molar-refractivity contribution in [2.24, 2.45) is 0 Å². The minimum Gasteiger partial charge on any atom is -0.481 e. The fourth-order valence-electron chi connectivity index (χ4n) is 0.816. The summed E-state index contributed by atoms with van der Waals surface area (Å²) >= 11 is 8.62. The monoisotopic (exact) mass is 271 g/mol. The Bertz CT molecular complexity index is 322. The van der Waals surface area contributed by atoms with Crippen LogP contribution in [0.1, 0.15) is 12.0 Å². The van der Waals surface area contributed by atoms with E-state index in [0.29, 0.717) is 4.47 Å². The summed E-state index contributed by atoms with van der Waals surface area (Å²) in [6.45, 7) is 0. The molecule has 0 unspecified atom stereocenters. The Balaban J connectivity index is 3.32. The zero-order valence-corrected chi connectivity index (χ0v) is 8.86. The Morgan fingerprint density at radius 2 is 2.23 bits per heavy atom. The minimum absolute atomic E-state index is 0.0677. The highest BCUT2D eigenvalue weighted by Crippen LogP contribution is 2.37. The third-order valence-corrected chi connectivity index (χ3v) is 2.62. The summed E-state index contributed by atoms with van der Waals surface area (Å²) in [5, 5.41) is -0.0677. The van der Waals surface area contributed by atoms with E-state index in [9.17, 15) is 8.78 Å². The molecule has 1 heterocycles. The molecule has 0 N–H and O–H groups in total. The van der Waals surface area contributed by atoms with Gasteiger partial charge in [-0.3, -0.25) is 0 Å². The smallest absolute Gasteiger partial charge is 0.270 e. The van der Waals surface area contributed by atoms with Crippen LogP contribution < -0.4 is 4.74 Å². The topological polar surface area (TPSA) is 22.1 Å². The SMILES string of the molecule is COc1ncc(Br)c(Cl)c1C(F)F. The minimum atomic E-state index is -2.70. The van der Waals surface area contributed by atoms with Gasteiger partial charge in [-0.2, -0.15) is 0 Å². The molecular formula is C7H5BrClF2NO. The molecule has 0 aromatic carbocycles. The van der Waals surface area contributed by atoms with Crippen molar-refractivity contribution in [2.75, 3.05) is 7.11 Å². The van der Waals surface area contributed by atoms with Crippen LogP contribution in [0.15, 0.2) is 10.7 Å². The number of ether oxygens (including phenoxy) is 1. The molecule has 0 bridgehead atoms. The average molecular weight is 272 g/mol. The first-order valence-corrected chi connectivity index (χ1v) is 4.41. The van der Waals surface area contributed by atoms with Crippen LogP contribution >= 0.6 is 27.5 Å². The van der Waals surface area contributed by atoms with Gasteiger partial charge in [-0.15, -0.1) is 0 Å². The summed E-state index contributed by atoms with van der Waals surface area (Å²) in [7, 11) is 1.26. The normalized spacial score (nSPS) is 10.6. The van der Waals surface area contributed by atoms with Gasteiger partial charge >= 0.3 is 0 Å². The first-order chi connectivity index (χ1) is 6.07. The molecule has 0 spiro atoms. The van der Waals surface area contributed by atoms with Crippen molar-refractivity contribution >= 4 is 27.5 Å². The highest BCUT2D eigenvalue weighted by atomic mass is 79.9. The molecule has 0 aliphatic rings. The summed E-state index contributed by atoms with van der Waals surface area (Å²) in [6.07, 6.45) is -1.39. The first kappa shape index (κ1) is 10.7. The molecule has 1 aromatic rings. The van der Waals surface area contributed by atoms with Gasteiger partial charge in [0.25, 0.3) is 6.43 Å². The van der Waals surface area contributed by atoms with Crippen molar-refractivity contribution in [1.82, 2.24) is 4.98 Å². The Morgan fingerprint density at radius 1 is 1.62 bits per heavy atom. The van der Waals surface area contributed by atoms with Gasteiger partial charge in [-0.05, 0) is 15.9 Å². The third kappa shape index (κ3) is 2.08. The van der Waals surface area contributed by atoms with Crippen molar-refractivity contribution in [3.8, 4) is 5.88 Å². The lowest BCUT2D eigenvalue weighted by atomic mass is 10.3. The highest BCUT2D eigenvalue weighted by Gasteiger charge is 2.21. The largest absolute Gasteiger partial charge is 0.481 e. The van der Waals surface area contributed by atoms with E-state index in [1.54, 1.807) is 0 Å². The maximum Gasteiger partial charge on any atom is 0.270 e. The number of pyridine rings is 1. The van der Waals surface area contributed by atoms with E-state index in [2.05, 4.69) is 25.7 Å². The fraction of sp³-hybridized carbons (Fsp3) is 0.286. The van der Waals surface area contributed by atoms with Crippen LogP contribution in [-0.2, 0) is 0 Å². The summed E-state index contributed by atoms with van der Waals surface area (Å²) in [4.78, 5) is 3.65. The molecule has 0 fully saturated rings. The number of methoxy groups -OCH3 is 1. The van der Waals surface area contributed by atoms with E-state index in [1.807, 2.05) is 0 Å². The van der Waals surface area contributed by atoms with Gasteiger partial charge in [-0.1, -0.05) is 11.6 Å². The van der Waals surface area contributed by atoms with E-state index in [0.717, 1.165) is 0 Å². The number of aromatic nitrogens is 1. The number of alkyl halides is 2. The zero-order valence-electron chi connectivity index (χ0n) is 6.52. The molecule has 0 amide bonds. The van der Waals surface area contributed by atoms with Gasteiger partial charge in [0.15, 0.2) is 0 Å². The van der Waals surface area contributed by atoms with Crippen molar-refractivity contribution in [2.45, 2.75) is 6.43 Å². The third-order valence-electron chi connectivity index (χ3n) is 1.38.